The molecule has 1 saturated heterocycles. The molecule has 1 atom stereocenters. The van der Waals surface area contributed by atoms with E-state index in [1.165, 1.54) is 0 Å². The molecule has 4 nitrogen and oxygen atoms in total. The van der Waals surface area contributed by atoms with Gasteiger partial charge < -0.3 is 14.7 Å². The maximum absolute atomic E-state index is 10.7. The molecule has 1 aromatic carbocycles. The van der Waals surface area contributed by atoms with Crippen LogP contribution < -0.4 is 4.90 Å². The molecule has 5 heteroatoms. The van der Waals surface area contributed by atoms with E-state index >= 15 is 0 Å². The number of carboxylic acid groups (broad SMARTS) is 1. The highest BCUT2D eigenvalue weighted by Gasteiger charge is 2.21. The Balaban J connectivity index is 2.28. The number of rotatable bonds is 4. The van der Waals surface area contributed by atoms with E-state index in [1.54, 1.807) is 19.3 Å². The minimum absolute atomic E-state index is 0.207. The third-order valence-electron chi connectivity index (χ3n) is 3.45. The Hall–Kier alpha value is -1.52. The van der Waals surface area contributed by atoms with Crippen LogP contribution in [0.15, 0.2) is 24.3 Å². The molecular weight excluding hydrogens is 278 g/mol. The first kappa shape index (κ1) is 14.9. The number of carbonyl (C=O) groups is 1. The van der Waals surface area contributed by atoms with Gasteiger partial charge in [-0.15, -0.1) is 0 Å². The first-order valence-electron chi connectivity index (χ1n) is 6.58. The molecule has 0 spiro atoms. The monoisotopic (exact) mass is 295 g/mol. The topological polar surface area (TPSA) is 49.8 Å². The lowest BCUT2D eigenvalue weighted by atomic mass is 10.0. The molecule has 0 saturated carbocycles. The number of nitrogens with zero attached hydrogens (tertiary/aromatic N) is 1. The molecule has 2 rings (SSSR count). The predicted octanol–water partition coefficient (Wildman–Crippen LogP) is 3.05. The number of piperidine rings is 1. The summed E-state index contributed by atoms with van der Waals surface area (Å²) < 4.78 is 5.42. The number of methoxy groups -OCH3 is 1. The first-order chi connectivity index (χ1) is 9.60. The van der Waals surface area contributed by atoms with Crippen LogP contribution in [-0.2, 0) is 9.53 Å². The standard InChI is InChI=1S/C15H18ClNO3/c1-20-13-3-2-8-17(10-13)14-9-12(16)6-4-11(14)5-7-15(18)19/h4-7,9,13H,2-3,8,10H2,1H3,(H,18,19)/b7-5+. The van der Waals surface area contributed by atoms with Crippen molar-refractivity contribution >= 4 is 29.3 Å². The van der Waals surface area contributed by atoms with Gasteiger partial charge in [0.05, 0.1) is 6.10 Å². The van der Waals surface area contributed by atoms with Crippen molar-refractivity contribution in [2.45, 2.75) is 18.9 Å². The number of hydrogen-bond acceptors (Lipinski definition) is 3. The number of carboxylic acids is 1. The maximum Gasteiger partial charge on any atom is 0.328 e. The lowest BCUT2D eigenvalue weighted by Crippen LogP contribution is -2.39. The minimum Gasteiger partial charge on any atom is -0.478 e. The average Bonchev–Trinajstić information content (AvgIpc) is 2.46. The molecule has 1 fully saturated rings. The van der Waals surface area contributed by atoms with Gasteiger partial charge in [-0.1, -0.05) is 17.7 Å². The van der Waals surface area contributed by atoms with E-state index in [4.69, 9.17) is 21.4 Å². The zero-order chi connectivity index (χ0) is 14.5. The average molecular weight is 296 g/mol. The fraction of sp³-hybridized carbons (Fsp3) is 0.400. The second kappa shape index (κ2) is 6.77. The fourth-order valence-electron chi connectivity index (χ4n) is 2.44. The highest BCUT2D eigenvalue weighted by Crippen LogP contribution is 2.29. The Kier molecular flexibility index (Phi) is 5.04. The summed E-state index contributed by atoms with van der Waals surface area (Å²) in [5.74, 6) is -0.959. The SMILES string of the molecule is COC1CCCN(c2cc(Cl)ccc2/C=C/C(=O)O)C1. The van der Waals surface area contributed by atoms with Gasteiger partial charge in [-0.2, -0.15) is 0 Å². The Labute approximate surface area is 123 Å². The quantitative estimate of drug-likeness (QED) is 0.868. The van der Waals surface area contributed by atoms with Gasteiger partial charge in [0, 0.05) is 37.0 Å². The number of anilines is 1. The Morgan fingerprint density at radius 2 is 2.35 bits per heavy atom. The predicted molar refractivity (Wildman–Crippen MR) is 80.4 cm³/mol. The van der Waals surface area contributed by atoms with Crippen LogP contribution in [-0.4, -0.2) is 37.4 Å². The second-order valence-electron chi connectivity index (χ2n) is 4.82. The van der Waals surface area contributed by atoms with Crippen LogP contribution in [0.5, 0.6) is 0 Å². The first-order valence-corrected chi connectivity index (χ1v) is 6.96. The third kappa shape index (κ3) is 3.74. The molecule has 1 aromatic rings. The third-order valence-corrected chi connectivity index (χ3v) is 3.69. The molecule has 1 aliphatic heterocycles. The van der Waals surface area contributed by atoms with Gasteiger partial charge in [0.15, 0.2) is 0 Å². The van der Waals surface area contributed by atoms with Gasteiger partial charge in [0.1, 0.15) is 0 Å². The van der Waals surface area contributed by atoms with E-state index in [-0.39, 0.29) is 6.10 Å². The summed E-state index contributed by atoms with van der Waals surface area (Å²) in [6, 6.07) is 5.49. The lowest BCUT2D eigenvalue weighted by molar-refractivity contribution is -0.131. The summed E-state index contributed by atoms with van der Waals surface area (Å²) in [6.45, 7) is 1.72. The van der Waals surface area contributed by atoms with Crippen molar-refractivity contribution in [3.8, 4) is 0 Å². The number of hydrogen-bond donors (Lipinski definition) is 1. The van der Waals surface area contributed by atoms with Crippen molar-refractivity contribution in [2.75, 3.05) is 25.1 Å². The Bertz CT molecular complexity index is 516. The van der Waals surface area contributed by atoms with Crippen LogP contribution in [0.1, 0.15) is 18.4 Å². The summed E-state index contributed by atoms with van der Waals surface area (Å²) in [5, 5.41) is 9.41. The maximum atomic E-state index is 10.7. The van der Waals surface area contributed by atoms with E-state index < -0.39 is 5.97 Å². The van der Waals surface area contributed by atoms with E-state index in [0.717, 1.165) is 43.3 Å². The zero-order valence-corrected chi connectivity index (χ0v) is 12.1. The summed E-state index contributed by atoms with van der Waals surface area (Å²) in [7, 11) is 1.72. The Morgan fingerprint density at radius 3 is 3.05 bits per heavy atom. The largest absolute Gasteiger partial charge is 0.478 e. The van der Waals surface area contributed by atoms with Gasteiger partial charge in [-0.05, 0) is 36.6 Å². The van der Waals surface area contributed by atoms with Crippen molar-refractivity contribution in [2.24, 2.45) is 0 Å². The van der Waals surface area contributed by atoms with Gasteiger partial charge in [-0.25, -0.2) is 4.79 Å². The van der Waals surface area contributed by atoms with Crippen LogP contribution in [0.25, 0.3) is 6.08 Å². The molecule has 0 radical (unpaired) electrons. The minimum atomic E-state index is -0.959. The molecule has 1 N–H and O–H groups in total. The highest BCUT2D eigenvalue weighted by atomic mass is 35.5. The molecule has 1 heterocycles. The normalized spacial score (nSPS) is 19.5. The van der Waals surface area contributed by atoms with E-state index in [2.05, 4.69) is 4.90 Å². The zero-order valence-electron chi connectivity index (χ0n) is 11.4. The highest BCUT2D eigenvalue weighted by molar-refractivity contribution is 6.31. The van der Waals surface area contributed by atoms with Crippen LogP contribution in [0.2, 0.25) is 5.02 Å². The van der Waals surface area contributed by atoms with Gasteiger partial charge in [0.2, 0.25) is 0 Å². The van der Waals surface area contributed by atoms with E-state index in [9.17, 15) is 4.79 Å². The fourth-order valence-corrected chi connectivity index (χ4v) is 2.61. The van der Waals surface area contributed by atoms with Crippen molar-refractivity contribution < 1.29 is 14.6 Å². The molecule has 0 aliphatic carbocycles. The summed E-state index contributed by atoms with van der Waals surface area (Å²) >= 11 is 6.07. The molecule has 108 valence electrons. The molecule has 1 aliphatic rings. The van der Waals surface area contributed by atoms with Gasteiger partial charge in [0.25, 0.3) is 0 Å². The van der Waals surface area contributed by atoms with Crippen LogP contribution in [0.3, 0.4) is 0 Å². The number of aliphatic carboxylic acids is 1. The summed E-state index contributed by atoms with van der Waals surface area (Å²) in [4.78, 5) is 12.9. The number of benzene rings is 1. The van der Waals surface area contributed by atoms with Gasteiger partial charge >= 0.3 is 5.97 Å². The van der Waals surface area contributed by atoms with Crippen LogP contribution in [0, 0.1) is 0 Å². The van der Waals surface area contributed by atoms with Crippen molar-refractivity contribution in [3.05, 3.63) is 34.9 Å². The molecule has 0 aromatic heterocycles. The molecule has 0 amide bonds. The van der Waals surface area contributed by atoms with Crippen LogP contribution >= 0.6 is 11.6 Å². The molecular formula is C15H18ClNO3. The van der Waals surface area contributed by atoms with Crippen molar-refractivity contribution in [1.29, 1.82) is 0 Å². The van der Waals surface area contributed by atoms with Gasteiger partial charge in [-0.3, -0.25) is 0 Å². The van der Waals surface area contributed by atoms with Crippen molar-refractivity contribution in [3.63, 3.8) is 0 Å². The molecule has 1 unspecified atom stereocenters. The summed E-state index contributed by atoms with van der Waals surface area (Å²) in [5.41, 5.74) is 1.81. The Morgan fingerprint density at radius 1 is 1.55 bits per heavy atom. The van der Waals surface area contributed by atoms with E-state index in [0.29, 0.717) is 5.02 Å². The summed E-state index contributed by atoms with van der Waals surface area (Å²) in [6.07, 6.45) is 5.05. The van der Waals surface area contributed by atoms with E-state index in [1.807, 2.05) is 12.1 Å². The number of ether oxygens (including phenoxy) is 1. The number of halogens is 1. The van der Waals surface area contributed by atoms with Crippen molar-refractivity contribution in [1.82, 2.24) is 0 Å². The smallest absolute Gasteiger partial charge is 0.328 e. The van der Waals surface area contributed by atoms with Crippen LogP contribution in [0.4, 0.5) is 5.69 Å². The molecule has 20 heavy (non-hydrogen) atoms. The lowest BCUT2D eigenvalue weighted by Gasteiger charge is -2.34. The molecule has 0 bridgehead atoms. The second-order valence-corrected chi connectivity index (χ2v) is 5.26.